The summed E-state index contributed by atoms with van der Waals surface area (Å²) in [7, 11) is 0. The molecular formula is C15H16BrFN4. The molecule has 6 heteroatoms. The van der Waals surface area contributed by atoms with Crippen molar-refractivity contribution in [2.45, 2.75) is 25.7 Å². The molecule has 2 aromatic rings. The fraction of sp³-hybridized carbons (Fsp3) is 0.333. The molecule has 1 aliphatic carbocycles. The summed E-state index contributed by atoms with van der Waals surface area (Å²) in [6, 6.07) is 6.86. The minimum atomic E-state index is -0.302. The Morgan fingerprint density at radius 1 is 1.29 bits per heavy atom. The molecule has 0 saturated heterocycles. The van der Waals surface area contributed by atoms with Crippen LogP contribution in [0.25, 0.3) is 0 Å². The molecule has 1 aromatic carbocycles. The quantitative estimate of drug-likeness (QED) is 0.837. The third-order valence-electron chi connectivity index (χ3n) is 3.27. The van der Waals surface area contributed by atoms with E-state index in [0.717, 1.165) is 12.2 Å². The van der Waals surface area contributed by atoms with E-state index in [-0.39, 0.29) is 5.82 Å². The number of benzene rings is 1. The van der Waals surface area contributed by atoms with E-state index in [4.69, 9.17) is 0 Å². The molecule has 1 heterocycles. The predicted octanol–water partition coefficient (Wildman–Crippen LogP) is 4.43. The van der Waals surface area contributed by atoms with Crippen LogP contribution in [0.5, 0.6) is 0 Å². The predicted molar refractivity (Wildman–Crippen MR) is 85.6 cm³/mol. The Labute approximate surface area is 131 Å². The fourth-order valence-electron chi connectivity index (χ4n) is 2.08. The Hall–Kier alpha value is -1.69. The maximum atomic E-state index is 13.6. The van der Waals surface area contributed by atoms with E-state index in [9.17, 15) is 4.39 Å². The summed E-state index contributed by atoms with van der Waals surface area (Å²) >= 11 is 3.15. The minimum absolute atomic E-state index is 0.302. The van der Waals surface area contributed by atoms with Gasteiger partial charge in [-0.05, 0) is 53.9 Å². The first-order chi connectivity index (χ1) is 10.2. The summed E-state index contributed by atoms with van der Waals surface area (Å²) in [5.74, 6) is 1.53. The van der Waals surface area contributed by atoms with E-state index >= 15 is 0 Å². The molecule has 1 fully saturated rings. The number of hydrogen-bond acceptors (Lipinski definition) is 4. The summed E-state index contributed by atoms with van der Waals surface area (Å²) < 4.78 is 14.0. The molecule has 0 bridgehead atoms. The fourth-order valence-corrected chi connectivity index (χ4v) is 2.32. The number of rotatable bonds is 5. The van der Waals surface area contributed by atoms with Crippen LogP contribution in [0.2, 0.25) is 0 Å². The van der Waals surface area contributed by atoms with Crippen LogP contribution < -0.4 is 10.6 Å². The van der Waals surface area contributed by atoms with Crippen molar-refractivity contribution in [1.82, 2.24) is 9.97 Å². The van der Waals surface area contributed by atoms with Gasteiger partial charge in [-0.2, -0.15) is 4.98 Å². The first-order valence-corrected chi connectivity index (χ1v) is 7.80. The van der Waals surface area contributed by atoms with Crippen molar-refractivity contribution in [3.8, 4) is 0 Å². The van der Waals surface area contributed by atoms with Gasteiger partial charge >= 0.3 is 0 Å². The molecule has 1 aliphatic rings. The topological polar surface area (TPSA) is 49.8 Å². The van der Waals surface area contributed by atoms with Gasteiger partial charge in [0.15, 0.2) is 0 Å². The van der Waals surface area contributed by atoms with Crippen molar-refractivity contribution in [3.63, 3.8) is 0 Å². The smallest absolute Gasteiger partial charge is 0.224 e. The lowest BCUT2D eigenvalue weighted by Crippen LogP contribution is -2.06. The zero-order valence-electron chi connectivity index (χ0n) is 11.7. The number of nitrogens with zero attached hydrogens (tertiary/aromatic N) is 2. The summed E-state index contributed by atoms with van der Waals surface area (Å²) in [5, 5.41) is 6.28. The number of anilines is 3. The standard InChI is InChI=1S/C15H16BrFN4/c1-2-18-15-20-13(9-3-4-9)8-14(21-15)19-10-5-6-11(16)12(17)7-10/h5-9H,2-4H2,1H3,(H2,18,19,20,21). The van der Waals surface area contributed by atoms with Gasteiger partial charge in [-0.1, -0.05) is 0 Å². The second kappa shape index (κ2) is 5.97. The lowest BCUT2D eigenvalue weighted by molar-refractivity contribution is 0.622. The van der Waals surface area contributed by atoms with E-state index < -0.39 is 0 Å². The second-order valence-electron chi connectivity index (χ2n) is 5.06. The third kappa shape index (κ3) is 3.50. The van der Waals surface area contributed by atoms with Gasteiger partial charge in [0, 0.05) is 24.2 Å². The highest BCUT2D eigenvalue weighted by Gasteiger charge is 2.26. The Morgan fingerprint density at radius 3 is 2.76 bits per heavy atom. The van der Waals surface area contributed by atoms with Crippen LogP contribution in [0.15, 0.2) is 28.7 Å². The molecule has 0 radical (unpaired) electrons. The number of nitrogens with one attached hydrogen (secondary N) is 2. The summed E-state index contributed by atoms with van der Waals surface area (Å²) in [6.45, 7) is 2.77. The highest BCUT2D eigenvalue weighted by molar-refractivity contribution is 9.10. The van der Waals surface area contributed by atoms with Crippen molar-refractivity contribution in [2.24, 2.45) is 0 Å². The molecule has 1 aromatic heterocycles. The van der Waals surface area contributed by atoms with Crippen LogP contribution in [0.3, 0.4) is 0 Å². The van der Waals surface area contributed by atoms with Crippen molar-refractivity contribution < 1.29 is 4.39 Å². The lowest BCUT2D eigenvalue weighted by Gasteiger charge is -2.10. The van der Waals surface area contributed by atoms with Crippen LogP contribution in [0, 0.1) is 5.82 Å². The highest BCUT2D eigenvalue weighted by atomic mass is 79.9. The molecule has 3 rings (SSSR count). The van der Waals surface area contributed by atoms with E-state index in [0.29, 0.717) is 27.8 Å². The molecule has 2 N–H and O–H groups in total. The number of aromatic nitrogens is 2. The molecule has 1 saturated carbocycles. The molecular weight excluding hydrogens is 335 g/mol. The number of hydrogen-bond donors (Lipinski definition) is 2. The first-order valence-electron chi connectivity index (χ1n) is 7.00. The van der Waals surface area contributed by atoms with Gasteiger partial charge in [0.2, 0.25) is 5.95 Å². The molecule has 4 nitrogen and oxygen atoms in total. The Morgan fingerprint density at radius 2 is 2.10 bits per heavy atom. The van der Waals surface area contributed by atoms with Gasteiger partial charge in [0.1, 0.15) is 11.6 Å². The summed E-state index contributed by atoms with van der Waals surface area (Å²) in [5.41, 5.74) is 1.71. The Bertz CT molecular complexity index is 658. The highest BCUT2D eigenvalue weighted by Crippen LogP contribution is 2.40. The second-order valence-corrected chi connectivity index (χ2v) is 5.91. The molecule has 0 unspecified atom stereocenters. The van der Waals surface area contributed by atoms with Gasteiger partial charge in [0.25, 0.3) is 0 Å². The zero-order chi connectivity index (χ0) is 14.8. The molecule has 110 valence electrons. The van der Waals surface area contributed by atoms with Crippen LogP contribution >= 0.6 is 15.9 Å². The number of halogens is 2. The molecule has 0 spiro atoms. The van der Waals surface area contributed by atoms with Crippen molar-refractivity contribution >= 4 is 33.4 Å². The maximum absolute atomic E-state index is 13.6. The van der Waals surface area contributed by atoms with E-state index in [2.05, 4.69) is 36.5 Å². The average Bonchev–Trinajstić information content (AvgIpc) is 3.28. The molecule has 0 aliphatic heterocycles. The van der Waals surface area contributed by atoms with E-state index in [1.807, 2.05) is 13.0 Å². The monoisotopic (exact) mass is 350 g/mol. The van der Waals surface area contributed by atoms with Crippen LogP contribution in [0.1, 0.15) is 31.4 Å². The van der Waals surface area contributed by atoms with Gasteiger partial charge < -0.3 is 10.6 Å². The zero-order valence-corrected chi connectivity index (χ0v) is 13.2. The van der Waals surface area contributed by atoms with Gasteiger partial charge in [-0.25, -0.2) is 9.37 Å². The summed E-state index contributed by atoms with van der Waals surface area (Å²) in [6.07, 6.45) is 2.35. The van der Waals surface area contributed by atoms with Crippen LogP contribution in [-0.4, -0.2) is 16.5 Å². The largest absolute Gasteiger partial charge is 0.354 e. The summed E-state index contributed by atoms with van der Waals surface area (Å²) in [4.78, 5) is 8.93. The normalized spacial score (nSPS) is 14.0. The molecule has 21 heavy (non-hydrogen) atoms. The lowest BCUT2D eigenvalue weighted by atomic mass is 10.2. The van der Waals surface area contributed by atoms with Crippen molar-refractivity contribution in [3.05, 3.63) is 40.2 Å². The Kier molecular flexibility index (Phi) is 4.05. The SMILES string of the molecule is CCNc1nc(Nc2ccc(Br)c(F)c2)cc(C2CC2)n1. The first kappa shape index (κ1) is 14.3. The van der Waals surface area contributed by atoms with Gasteiger partial charge in [-0.15, -0.1) is 0 Å². The Balaban J connectivity index is 1.87. The van der Waals surface area contributed by atoms with Gasteiger partial charge in [-0.3, -0.25) is 0 Å². The third-order valence-corrected chi connectivity index (χ3v) is 3.91. The minimum Gasteiger partial charge on any atom is -0.354 e. The van der Waals surface area contributed by atoms with Crippen LogP contribution in [-0.2, 0) is 0 Å². The molecule has 0 atom stereocenters. The van der Waals surface area contributed by atoms with Crippen LogP contribution in [0.4, 0.5) is 21.8 Å². The van der Waals surface area contributed by atoms with Gasteiger partial charge in [0.05, 0.1) is 10.2 Å². The maximum Gasteiger partial charge on any atom is 0.224 e. The average molecular weight is 351 g/mol. The van der Waals surface area contributed by atoms with Crippen molar-refractivity contribution in [2.75, 3.05) is 17.2 Å². The van der Waals surface area contributed by atoms with E-state index in [1.54, 1.807) is 12.1 Å². The molecule has 0 amide bonds. The van der Waals surface area contributed by atoms with E-state index in [1.165, 1.54) is 18.9 Å². The van der Waals surface area contributed by atoms with Crippen molar-refractivity contribution in [1.29, 1.82) is 0 Å².